The molecule has 0 unspecified atom stereocenters. The summed E-state index contributed by atoms with van der Waals surface area (Å²) in [5.74, 6) is -0.400. The van der Waals surface area contributed by atoms with Crippen molar-refractivity contribution in [2.45, 2.75) is 44.6 Å². The van der Waals surface area contributed by atoms with Crippen molar-refractivity contribution in [3.63, 3.8) is 0 Å². The predicted octanol–water partition coefficient (Wildman–Crippen LogP) is 5.83. The zero-order valence-corrected chi connectivity index (χ0v) is 20.3. The lowest BCUT2D eigenvalue weighted by molar-refractivity contribution is -0.143. The van der Waals surface area contributed by atoms with Crippen molar-refractivity contribution in [1.29, 1.82) is 0 Å². The predicted molar refractivity (Wildman–Crippen MR) is 136 cm³/mol. The Bertz CT molecular complexity index is 1150. The molecular weight excluding hydrogens is 462 g/mol. The van der Waals surface area contributed by atoms with Crippen LogP contribution in [0, 0.1) is 5.92 Å². The van der Waals surface area contributed by atoms with Gasteiger partial charge in [0.1, 0.15) is 5.75 Å². The van der Waals surface area contributed by atoms with E-state index in [1.54, 1.807) is 24.3 Å². The minimum atomic E-state index is -0.727. The number of benzene rings is 2. The Hall–Kier alpha value is -3.45. The van der Waals surface area contributed by atoms with E-state index in [0.29, 0.717) is 48.4 Å². The van der Waals surface area contributed by atoms with Crippen LogP contribution in [0.5, 0.6) is 5.75 Å². The van der Waals surface area contributed by atoms with Crippen molar-refractivity contribution >= 4 is 29.0 Å². The van der Waals surface area contributed by atoms with Crippen LogP contribution < -0.4 is 10.1 Å². The number of ether oxygens (including phenoxy) is 1. The third kappa shape index (κ3) is 6.79. The molecule has 6 nitrogen and oxygen atoms in total. The van der Waals surface area contributed by atoms with Gasteiger partial charge >= 0.3 is 5.97 Å². The van der Waals surface area contributed by atoms with Crippen molar-refractivity contribution < 1.29 is 24.2 Å². The largest absolute Gasteiger partial charge is 0.490 e. The Kier molecular flexibility index (Phi) is 8.32. The first kappa shape index (κ1) is 24.7. The number of carboxylic acid groups (broad SMARTS) is 1. The Morgan fingerprint density at radius 2 is 1.63 bits per heavy atom. The first-order valence-corrected chi connectivity index (χ1v) is 12.8. The summed E-state index contributed by atoms with van der Waals surface area (Å²) in [5.41, 5.74) is 1.70. The van der Waals surface area contributed by atoms with Gasteiger partial charge in [0.05, 0.1) is 16.9 Å². The maximum Gasteiger partial charge on any atom is 0.306 e. The van der Waals surface area contributed by atoms with Crippen LogP contribution in [0.1, 0.15) is 58.6 Å². The third-order valence-corrected chi connectivity index (χ3v) is 7.39. The Morgan fingerprint density at radius 3 is 2.31 bits per heavy atom. The molecule has 3 aromatic rings. The molecule has 4 rings (SSSR count). The van der Waals surface area contributed by atoms with Crippen molar-refractivity contribution in [1.82, 2.24) is 5.32 Å². The maximum atomic E-state index is 12.5. The normalized spacial score (nSPS) is 17.5. The van der Waals surface area contributed by atoms with Crippen LogP contribution in [0.15, 0.2) is 66.7 Å². The van der Waals surface area contributed by atoms with Crippen molar-refractivity contribution in [3.8, 4) is 16.2 Å². The lowest BCUT2D eigenvalue weighted by Gasteiger charge is -2.26. The van der Waals surface area contributed by atoms with Gasteiger partial charge in [-0.25, -0.2) is 0 Å². The molecular formula is C28H29NO5S. The molecule has 1 amide bonds. The van der Waals surface area contributed by atoms with Crippen LogP contribution in [0.4, 0.5) is 0 Å². The number of hydrogen-bond acceptors (Lipinski definition) is 5. The van der Waals surface area contributed by atoms with Gasteiger partial charge in [0, 0.05) is 23.4 Å². The zero-order chi connectivity index (χ0) is 24.6. The topological polar surface area (TPSA) is 92.7 Å². The molecule has 2 aromatic carbocycles. The fourth-order valence-electron chi connectivity index (χ4n) is 4.24. The molecule has 1 heterocycles. The molecule has 182 valence electrons. The molecule has 1 aliphatic rings. The lowest BCUT2D eigenvalue weighted by atomic mass is 9.87. The van der Waals surface area contributed by atoms with E-state index in [1.807, 2.05) is 42.5 Å². The van der Waals surface area contributed by atoms with Crippen LogP contribution in [-0.2, 0) is 4.79 Å². The number of aliphatic carboxylic acids is 1. The minimum absolute atomic E-state index is 0.0166. The number of carbonyl (C=O) groups excluding carboxylic acids is 2. The molecule has 2 N–H and O–H groups in total. The van der Waals surface area contributed by atoms with E-state index in [2.05, 4.69) is 5.32 Å². The molecule has 0 atom stereocenters. The average molecular weight is 492 g/mol. The molecule has 35 heavy (non-hydrogen) atoms. The fourth-order valence-corrected chi connectivity index (χ4v) is 5.17. The Morgan fingerprint density at radius 1 is 0.914 bits per heavy atom. The molecule has 1 aromatic heterocycles. The summed E-state index contributed by atoms with van der Waals surface area (Å²) in [6.45, 7) is 0.434. The van der Waals surface area contributed by atoms with Crippen LogP contribution in [0.25, 0.3) is 10.4 Å². The number of thiophene rings is 1. The number of carboxylic acids is 1. The average Bonchev–Trinajstić information content (AvgIpc) is 3.38. The van der Waals surface area contributed by atoms with Gasteiger partial charge in [-0.3, -0.25) is 14.4 Å². The molecule has 0 bridgehead atoms. The summed E-state index contributed by atoms with van der Waals surface area (Å²) in [6.07, 6.45) is 3.64. The molecule has 1 aliphatic carbocycles. The summed E-state index contributed by atoms with van der Waals surface area (Å²) in [6, 6.07) is 20.8. The Balaban J connectivity index is 1.18. The van der Waals surface area contributed by atoms with Gasteiger partial charge in [0.15, 0.2) is 5.78 Å². The SMILES string of the molecule is O=C(CCCNC(=O)c1ccc(-c2ccccc2)s1)c1ccc(OC2CCC(C(=O)O)CC2)cc1. The standard InChI is InChI=1S/C28H29NO5S/c30-24(19-8-12-22(13-9-19)34-23-14-10-21(11-15-23)28(32)33)7-4-18-29-27(31)26-17-16-25(35-26)20-5-2-1-3-6-20/h1-3,5-6,8-9,12-13,16-17,21,23H,4,7,10-11,14-15,18H2,(H,29,31)(H,32,33). The molecule has 0 spiro atoms. The van der Waals surface area contributed by atoms with Crippen LogP contribution >= 0.6 is 11.3 Å². The number of Topliss-reactive ketones (excluding diaryl/α,β-unsaturated/α-hetero) is 1. The highest BCUT2D eigenvalue weighted by molar-refractivity contribution is 7.17. The quantitative estimate of drug-likeness (QED) is 0.275. The van der Waals surface area contributed by atoms with Gasteiger partial charge in [0.25, 0.3) is 5.91 Å². The second kappa shape index (κ2) is 11.8. The molecule has 0 aliphatic heterocycles. The highest BCUT2D eigenvalue weighted by Gasteiger charge is 2.26. The van der Waals surface area contributed by atoms with E-state index < -0.39 is 5.97 Å². The number of rotatable bonds is 10. The summed E-state index contributed by atoms with van der Waals surface area (Å²) >= 11 is 1.45. The van der Waals surface area contributed by atoms with E-state index >= 15 is 0 Å². The minimum Gasteiger partial charge on any atom is -0.490 e. The van der Waals surface area contributed by atoms with Crippen molar-refractivity contribution in [3.05, 3.63) is 77.2 Å². The van der Waals surface area contributed by atoms with Crippen LogP contribution in [0.2, 0.25) is 0 Å². The highest BCUT2D eigenvalue weighted by Crippen LogP contribution is 2.29. The zero-order valence-electron chi connectivity index (χ0n) is 19.4. The van der Waals surface area contributed by atoms with E-state index in [1.165, 1.54) is 11.3 Å². The smallest absolute Gasteiger partial charge is 0.306 e. The maximum absolute atomic E-state index is 12.5. The van der Waals surface area contributed by atoms with E-state index in [-0.39, 0.29) is 23.7 Å². The number of carbonyl (C=O) groups is 3. The lowest BCUT2D eigenvalue weighted by Crippen LogP contribution is -2.27. The van der Waals surface area contributed by atoms with Gasteiger partial charge in [-0.1, -0.05) is 30.3 Å². The van der Waals surface area contributed by atoms with Crippen LogP contribution in [0.3, 0.4) is 0 Å². The summed E-state index contributed by atoms with van der Waals surface area (Å²) in [7, 11) is 0. The first-order chi connectivity index (χ1) is 17.0. The highest BCUT2D eigenvalue weighted by atomic mass is 32.1. The van der Waals surface area contributed by atoms with Gasteiger partial charge in [-0.05, 0) is 74.1 Å². The molecule has 0 saturated heterocycles. The Labute approximate surface area is 209 Å². The molecule has 0 radical (unpaired) electrons. The number of ketones is 1. The molecule has 1 fully saturated rings. The van der Waals surface area contributed by atoms with Gasteiger partial charge < -0.3 is 15.2 Å². The number of nitrogens with one attached hydrogen (secondary N) is 1. The van der Waals surface area contributed by atoms with Gasteiger partial charge in [-0.15, -0.1) is 11.3 Å². The summed E-state index contributed by atoms with van der Waals surface area (Å²) in [5, 5.41) is 12.0. The summed E-state index contributed by atoms with van der Waals surface area (Å²) < 4.78 is 5.96. The molecule has 7 heteroatoms. The van der Waals surface area contributed by atoms with E-state index in [4.69, 9.17) is 9.84 Å². The monoisotopic (exact) mass is 491 g/mol. The second-order valence-electron chi connectivity index (χ2n) is 8.77. The van der Waals surface area contributed by atoms with Gasteiger partial charge in [-0.2, -0.15) is 0 Å². The summed E-state index contributed by atoms with van der Waals surface area (Å²) in [4.78, 5) is 37.7. The first-order valence-electron chi connectivity index (χ1n) is 12.0. The third-order valence-electron chi connectivity index (χ3n) is 6.26. The van der Waals surface area contributed by atoms with E-state index in [0.717, 1.165) is 23.3 Å². The van der Waals surface area contributed by atoms with Crippen molar-refractivity contribution in [2.24, 2.45) is 5.92 Å². The second-order valence-corrected chi connectivity index (χ2v) is 9.85. The van der Waals surface area contributed by atoms with Gasteiger partial charge in [0.2, 0.25) is 0 Å². The molecule has 1 saturated carbocycles. The number of hydrogen-bond donors (Lipinski definition) is 2. The number of amides is 1. The van der Waals surface area contributed by atoms with E-state index in [9.17, 15) is 14.4 Å². The van der Waals surface area contributed by atoms with Crippen LogP contribution in [-0.4, -0.2) is 35.4 Å². The van der Waals surface area contributed by atoms with Crippen molar-refractivity contribution in [2.75, 3.05) is 6.54 Å². The fraction of sp³-hybridized carbons (Fsp3) is 0.321.